The highest BCUT2D eigenvalue weighted by molar-refractivity contribution is 7.09. The molecule has 4 heterocycles. The Morgan fingerprint density at radius 3 is 2.16 bits per heavy atom. The van der Waals surface area contributed by atoms with E-state index in [2.05, 4.69) is 32.3 Å². The summed E-state index contributed by atoms with van der Waals surface area (Å²) < 4.78 is 69.6. The lowest BCUT2D eigenvalue weighted by molar-refractivity contribution is -0.193. The first-order chi connectivity index (χ1) is 17.3. The Hall–Kier alpha value is -2.75. The van der Waals surface area contributed by atoms with E-state index >= 15 is 0 Å². The smallest absolute Gasteiger partial charge is 0.475 e. The molecule has 0 aliphatic carbocycles. The van der Waals surface area contributed by atoms with Crippen LogP contribution in [0.25, 0.3) is 0 Å². The van der Waals surface area contributed by atoms with Gasteiger partial charge in [-0.05, 0) is 30.0 Å². The molecule has 206 valence electrons. The highest BCUT2D eigenvalue weighted by Gasteiger charge is 2.39. The second kappa shape index (κ2) is 13.7. The van der Waals surface area contributed by atoms with Crippen LogP contribution in [-0.4, -0.2) is 87.6 Å². The van der Waals surface area contributed by atoms with Gasteiger partial charge in [-0.15, -0.1) is 11.3 Å². The number of aliphatic carboxylic acids is 2. The average molecular weight is 558 g/mol. The third-order valence-electron chi connectivity index (χ3n) is 5.30. The molecule has 2 aliphatic heterocycles. The van der Waals surface area contributed by atoms with Crippen molar-refractivity contribution in [3.63, 3.8) is 0 Å². The maximum atomic E-state index is 10.6. The van der Waals surface area contributed by atoms with Gasteiger partial charge in [0, 0.05) is 49.8 Å². The van der Waals surface area contributed by atoms with Gasteiger partial charge in [0.1, 0.15) is 0 Å². The number of carboxylic acids is 2. The van der Waals surface area contributed by atoms with Gasteiger partial charge in [0.15, 0.2) is 0 Å². The predicted octanol–water partition coefficient (Wildman–Crippen LogP) is 3.89. The lowest BCUT2D eigenvalue weighted by Crippen LogP contribution is -2.49. The lowest BCUT2D eigenvalue weighted by atomic mass is 10.1. The zero-order valence-electron chi connectivity index (χ0n) is 19.3. The van der Waals surface area contributed by atoms with Crippen LogP contribution in [0, 0.1) is 0 Å². The minimum absolute atomic E-state index is 0.351. The molecule has 2 aromatic rings. The number of nitrogens with zero attached hydrogens (tertiary/aromatic N) is 3. The maximum absolute atomic E-state index is 10.6. The van der Waals surface area contributed by atoms with Crippen LogP contribution in [0.1, 0.15) is 17.0 Å². The van der Waals surface area contributed by atoms with Gasteiger partial charge in [-0.2, -0.15) is 26.3 Å². The van der Waals surface area contributed by atoms with Gasteiger partial charge in [-0.25, -0.2) is 9.59 Å². The molecule has 0 radical (unpaired) electrons. The van der Waals surface area contributed by atoms with Crippen LogP contribution in [0.15, 0.2) is 41.9 Å². The molecule has 2 saturated heterocycles. The minimum atomic E-state index is -5.08. The van der Waals surface area contributed by atoms with Crippen LogP contribution in [0.4, 0.5) is 26.3 Å². The number of hydrogen-bond donors (Lipinski definition) is 2. The molecule has 0 unspecified atom stereocenters. The van der Waals surface area contributed by atoms with Crippen LogP contribution < -0.4 is 0 Å². The Morgan fingerprint density at radius 2 is 1.65 bits per heavy atom. The molecule has 0 aromatic carbocycles. The van der Waals surface area contributed by atoms with Crippen LogP contribution in [-0.2, 0) is 27.5 Å². The molecule has 2 aromatic heterocycles. The molecule has 2 aliphatic rings. The van der Waals surface area contributed by atoms with Crippen molar-refractivity contribution in [2.45, 2.75) is 44.1 Å². The fourth-order valence-electron chi connectivity index (χ4n) is 3.63. The molecule has 37 heavy (non-hydrogen) atoms. The second-order valence-electron chi connectivity index (χ2n) is 8.06. The van der Waals surface area contributed by atoms with Gasteiger partial charge in [0.25, 0.3) is 0 Å². The van der Waals surface area contributed by atoms with E-state index in [-0.39, 0.29) is 0 Å². The molecule has 2 fully saturated rings. The topological polar surface area (TPSA) is 103 Å². The Bertz CT molecular complexity index is 951. The molecule has 2 atom stereocenters. The van der Waals surface area contributed by atoms with Crippen molar-refractivity contribution in [1.82, 2.24) is 14.8 Å². The minimum Gasteiger partial charge on any atom is -0.475 e. The van der Waals surface area contributed by atoms with Gasteiger partial charge in [0.05, 0.1) is 18.4 Å². The van der Waals surface area contributed by atoms with Crippen molar-refractivity contribution >= 4 is 23.3 Å². The lowest BCUT2D eigenvalue weighted by Gasteiger charge is -2.37. The highest BCUT2D eigenvalue weighted by Crippen LogP contribution is 2.26. The summed E-state index contributed by atoms with van der Waals surface area (Å²) in [5.74, 6) is -5.51. The Kier molecular flexibility index (Phi) is 11.3. The fourth-order valence-corrected chi connectivity index (χ4v) is 4.38. The summed E-state index contributed by atoms with van der Waals surface area (Å²) in [5, 5.41) is 16.4. The summed E-state index contributed by atoms with van der Waals surface area (Å²) in [5.41, 5.74) is 1.02. The number of thiophene rings is 1. The predicted molar refractivity (Wildman–Crippen MR) is 120 cm³/mol. The first-order valence-electron chi connectivity index (χ1n) is 10.9. The Morgan fingerprint density at radius 1 is 1.00 bits per heavy atom. The monoisotopic (exact) mass is 557 g/mol. The van der Waals surface area contributed by atoms with E-state index in [9.17, 15) is 26.3 Å². The summed E-state index contributed by atoms with van der Waals surface area (Å²) in [7, 11) is 0. The summed E-state index contributed by atoms with van der Waals surface area (Å²) in [6.07, 6.45) is -6.84. The van der Waals surface area contributed by atoms with Crippen molar-refractivity contribution in [3.8, 4) is 0 Å². The van der Waals surface area contributed by atoms with E-state index in [1.807, 2.05) is 35.7 Å². The van der Waals surface area contributed by atoms with Crippen molar-refractivity contribution < 1.29 is 50.9 Å². The van der Waals surface area contributed by atoms with Crippen LogP contribution in [0.5, 0.6) is 0 Å². The molecule has 0 bridgehead atoms. The summed E-state index contributed by atoms with van der Waals surface area (Å²) in [6, 6.07) is 11.0. The molecule has 15 heteroatoms. The van der Waals surface area contributed by atoms with E-state index in [0.717, 1.165) is 25.2 Å². The normalized spacial score (nSPS) is 20.2. The summed E-state index contributed by atoms with van der Waals surface area (Å²) in [4.78, 5) is 28.8. The number of piperazine rings is 1. The first kappa shape index (κ1) is 30.5. The molecule has 0 saturated carbocycles. The first-order valence-corrected chi connectivity index (χ1v) is 11.7. The number of rotatable bonds is 5. The van der Waals surface area contributed by atoms with Gasteiger partial charge in [-0.1, -0.05) is 12.1 Å². The summed E-state index contributed by atoms with van der Waals surface area (Å²) >= 11 is 1.86. The molecular weight excluding hydrogens is 532 g/mol. The molecule has 8 nitrogen and oxygen atoms in total. The van der Waals surface area contributed by atoms with Crippen molar-refractivity contribution in [3.05, 3.63) is 52.5 Å². The Balaban J connectivity index is 0.000000286. The molecule has 0 spiro atoms. The standard InChI is InChI=1S/C18H23N3OS.2C2HF3O2/c1-2-6-19-15(4-1)14-22-17-10-16-11-20(7-8-21(16)12-17)13-18-5-3-9-23-18;2*3-2(4,5)1(6)7/h1-6,9,16-17H,7-8,10-14H2;2*(H,6,7)/t16-,17+;;/m1../s1. The SMILES string of the molecule is O=C(O)C(F)(F)F.O=C(O)C(F)(F)F.c1ccc(CO[C@H]2C[C@@H]3CN(Cc4cccs4)CCN3C2)nc1. The zero-order chi connectivity index (χ0) is 27.6. The van der Waals surface area contributed by atoms with Gasteiger partial charge < -0.3 is 14.9 Å². The van der Waals surface area contributed by atoms with E-state index in [4.69, 9.17) is 24.5 Å². The van der Waals surface area contributed by atoms with E-state index in [0.29, 0.717) is 18.8 Å². The Labute approximate surface area is 212 Å². The molecule has 2 N–H and O–H groups in total. The average Bonchev–Trinajstić information content (AvgIpc) is 3.47. The fraction of sp³-hybridized carbons (Fsp3) is 0.500. The number of ether oxygens (including phenoxy) is 1. The molecular formula is C22H25F6N3O5S. The van der Waals surface area contributed by atoms with E-state index in [1.54, 1.807) is 0 Å². The van der Waals surface area contributed by atoms with Crippen LogP contribution in [0.2, 0.25) is 0 Å². The van der Waals surface area contributed by atoms with E-state index < -0.39 is 24.3 Å². The number of alkyl halides is 6. The zero-order valence-corrected chi connectivity index (χ0v) is 20.1. The maximum Gasteiger partial charge on any atom is 0.490 e. The van der Waals surface area contributed by atoms with Crippen LogP contribution in [0.3, 0.4) is 0 Å². The van der Waals surface area contributed by atoms with Gasteiger partial charge in [0.2, 0.25) is 0 Å². The number of carboxylic acid groups (broad SMARTS) is 2. The van der Waals surface area contributed by atoms with Crippen molar-refractivity contribution in [1.29, 1.82) is 0 Å². The summed E-state index contributed by atoms with van der Waals surface area (Å²) in [6.45, 7) is 6.30. The van der Waals surface area contributed by atoms with Crippen molar-refractivity contribution in [2.24, 2.45) is 0 Å². The van der Waals surface area contributed by atoms with Crippen LogP contribution >= 0.6 is 11.3 Å². The van der Waals surface area contributed by atoms with Crippen molar-refractivity contribution in [2.75, 3.05) is 26.2 Å². The molecule has 4 rings (SSSR count). The number of fused-ring (bicyclic) bond motifs is 1. The van der Waals surface area contributed by atoms with E-state index in [1.165, 1.54) is 24.5 Å². The quantitative estimate of drug-likeness (QED) is 0.534. The third-order valence-corrected chi connectivity index (χ3v) is 6.16. The number of pyridine rings is 1. The number of halogens is 6. The largest absolute Gasteiger partial charge is 0.490 e. The number of carbonyl (C=O) groups is 2. The highest BCUT2D eigenvalue weighted by atomic mass is 32.1. The van der Waals surface area contributed by atoms with Gasteiger partial charge >= 0.3 is 24.3 Å². The number of aromatic nitrogens is 1. The van der Waals surface area contributed by atoms with Gasteiger partial charge in [-0.3, -0.25) is 14.8 Å². The third kappa shape index (κ3) is 11.0. The molecule has 0 amide bonds. The number of hydrogen-bond acceptors (Lipinski definition) is 7. The second-order valence-corrected chi connectivity index (χ2v) is 9.09.